The van der Waals surface area contributed by atoms with Crippen LogP contribution in [-0.2, 0) is 16.0 Å². The van der Waals surface area contributed by atoms with Crippen LogP contribution in [0.5, 0.6) is 0 Å². The Hall–Kier alpha value is -2.70. The van der Waals surface area contributed by atoms with Crippen LogP contribution < -0.4 is 4.90 Å². The molecule has 1 fully saturated rings. The first kappa shape index (κ1) is 16.2. The van der Waals surface area contributed by atoms with E-state index in [0.717, 1.165) is 33.9 Å². The summed E-state index contributed by atoms with van der Waals surface area (Å²) in [5.74, 6) is -1.58. The van der Waals surface area contributed by atoms with E-state index in [1.165, 1.54) is 32.4 Å². The standard InChI is InChI=1S/C17H18FN3O3/c1-10-4-5-11-8-12(18)6-7-14(11)21(10)9-13-15(22)19(2)17(24)20(3)16(13)23/h6-10H,4-5H2,1-3H3/t10-/m1/s1. The fourth-order valence-electron chi connectivity index (χ4n) is 3.04. The van der Waals surface area contributed by atoms with Crippen LogP contribution in [0.1, 0.15) is 18.9 Å². The molecule has 24 heavy (non-hydrogen) atoms. The third-order valence-electron chi connectivity index (χ3n) is 4.54. The van der Waals surface area contributed by atoms with Crippen molar-refractivity contribution in [3.8, 4) is 0 Å². The number of nitrogens with zero attached hydrogens (tertiary/aromatic N) is 3. The predicted molar refractivity (Wildman–Crippen MR) is 85.7 cm³/mol. The van der Waals surface area contributed by atoms with Crippen LogP contribution in [0.3, 0.4) is 0 Å². The summed E-state index contributed by atoms with van der Waals surface area (Å²) < 4.78 is 13.5. The summed E-state index contributed by atoms with van der Waals surface area (Å²) >= 11 is 0. The zero-order valence-corrected chi connectivity index (χ0v) is 13.7. The molecular weight excluding hydrogens is 313 g/mol. The van der Waals surface area contributed by atoms with Crippen molar-refractivity contribution in [2.24, 2.45) is 0 Å². The molecule has 1 aromatic rings. The van der Waals surface area contributed by atoms with Crippen LogP contribution in [0.15, 0.2) is 30.0 Å². The van der Waals surface area contributed by atoms with Gasteiger partial charge >= 0.3 is 6.03 Å². The van der Waals surface area contributed by atoms with Gasteiger partial charge in [0, 0.05) is 32.0 Å². The average molecular weight is 331 g/mol. The molecule has 1 aromatic carbocycles. The van der Waals surface area contributed by atoms with Crippen molar-refractivity contribution in [3.05, 3.63) is 41.4 Å². The van der Waals surface area contributed by atoms with Crippen molar-refractivity contribution in [2.75, 3.05) is 19.0 Å². The third-order valence-corrected chi connectivity index (χ3v) is 4.54. The third kappa shape index (κ3) is 2.46. The molecule has 4 amide bonds. The first-order chi connectivity index (χ1) is 11.3. The van der Waals surface area contributed by atoms with Gasteiger partial charge in [0.2, 0.25) is 0 Å². The van der Waals surface area contributed by atoms with Gasteiger partial charge in [0.25, 0.3) is 11.8 Å². The number of fused-ring (bicyclic) bond motifs is 1. The van der Waals surface area contributed by atoms with Crippen LogP contribution in [0.2, 0.25) is 0 Å². The van der Waals surface area contributed by atoms with Gasteiger partial charge in [0.1, 0.15) is 11.4 Å². The summed E-state index contributed by atoms with van der Waals surface area (Å²) in [6.07, 6.45) is 2.98. The highest BCUT2D eigenvalue weighted by atomic mass is 19.1. The van der Waals surface area contributed by atoms with Gasteiger partial charge in [0.05, 0.1) is 0 Å². The Kier molecular flexibility index (Phi) is 3.87. The highest BCUT2D eigenvalue weighted by molar-refractivity contribution is 6.28. The van der Waals surface area contributed by atoms with Crippen LogP contribution in [-0.4, -0.2) is 47.8 Å². The fourth-order valence-corrected chi connectivity index (χ4v) is 3.04. The molecule has 0 radical (unpaired) electrons. The summed E-state index contributed by atoms with van der Waals surface area (Å²) in [6, 6.07) is 3.86. The monoisotopic (exact) mass is 331 g/mol. The van der Waals surface area contributed by atoms with E-state index in [2.05, 4.69) is 0 Å². The van der Waals surface area contributed by atoms with E-state index in [9.17, 15) is 18.8 Å². The van der Waals surface area contributed by atoms with Crippen LogP contribution in [0, 0.1) is 5.82 Å². The number of rotatable bonds is 1. The van der Waals surface area contributed by atoms with Crippen molar-refractivity contribution in [3.63, 3.8) is 0 Å². The number of carbonyl (C=O) groups is 3. The first-order valence-electron chi connectivity index (χ1n) is 7.70. The van der Waals surface area contributed by atoms with Gasteiger partial charge in [-0.25, -0.2) is 9.18 Å². The van der Waals surface area contributed by atoms with Crippen molar-refractivity contribution < 1.29 is 18.8 Å². The minimum atomic E-state index is -0.656. The van der Waals surface area contributed by atoms with Crippen LogP contribution in [0.25, 0.3) is 0 Å². The lowest BCUT2D eigenvalue weighted by Gasteiger charge is -2.36. The normalized spacial score (nSPS) is 21.3. The summed E-state index contributed by atoms with van der Waals surface area (Å²) in [5, 5.41) is 0. The molecule has 0 bridgehead atoms. The summed E-state index contributed by atoms with van der Waals surface area (Å²) in [5.41, 5.74) is 1.52. The number of likely N-dealkylation sites (N-methyl/N-ethyl adjacent to an activating group) is 2. The molecule has 3 rings (SSSR count). The number of anilines is 1. The summed E-state index contributed by atoms with van der Waals surface area (Å²) in [6.45, 7) is 1.97. The lowest BCUT2D eigenvalue weighted by atomic mass is 9.96. The van der Waals surface area contributed by atoms with E-state index in [0.29, 0.717) is 0 Å². The SMILES string of the molecule is C[C@@H]1CCc2cc(F)ccc2N1C=C1C(=O)N(C)C(=O)N(C)C1=O. The largest absolute Gasteiger partial charge is 0.344 e. The molecule has 126 valence electrons. The highest BCUT2D eigenvalue weighted by Gasteiger charge is 2.39. The van der Waals surface area contributed by atoms with Gasteiger partial charge < -0.3 is 4.90 Å². The summed E-state index contributed by atoms with van der Waals surface area (Å²) in [7, 11) is 2.68. The minimum absolute atomic E-state index is 0.0456. The second-order valence-electron chi connectivity index (χ2n) is 6.12. The molecule has 0 saturated carbocycles. The molecule has 1 atom stereocenters. The van der Waals surface area contributed by atoms with Crippen LogP contribution >= 0.6 is 0 Å². The van der Waals surface area contributed by atoms with Crippen molar-refractivity contribution in [2.45, 2.75) is 25.8 Å². The van der Waals surface area contributed by atoms with E-state index < -0.39 is 17.8 Å². The van der Waals surface area contributed by atoms with Gasteiger partial charge in [-0.1, -0.05) is 0 Å². The topological polar surface area (TPSA) is 60.9 Å². The van der Waals surface area contributed by atoms with E-state index in [-0.39, 0.29) is 17.4 Å². The molecule has 0 N–H and O–H groups in total. The second-order valence-corrected chi connectivity index (χ2v) is 6.12. The second kappa shape index (κ2) is 5.74. The lowest BCUT2D eigenvalue weighted by Crippen LogP contribution is -2.53. The number of carbonyl (C=O) groups excluding carboxylic acids is 3. The molecule has 2 heterocycles. The van der Waals surface area contributed by atoms with Crippen molar-refractivity contribution >= 4 is 23.5 Å². The molecule has 2 aliphatic heterocycles. The number of imide groups is 2. The van der Waals surface area contributed by atoms with Crippen LogP contribution in [0.4, 0.5) is 14.9 Å². The van der Waals surface area contributed by atoms with Gasteiger partial charge in [-0.05, 0) is 43.5 Å². The van der Waals surface area contributed by atoms with Gasteiger partial charge in [-0.2, -0.15) is 0 Å². The molecule has 0 aromatic heterocycles. The molecule has 2 aliphatic rings. The molecule has 7 heteroatoms. The number of urea groups is 1. The zero-order valence-electron chi connectivity index (χ0n) is 13.7. The molecule has 1 saturated heterocycles. The molecular formula is C17H18FN3O3. The lowest BCUT2D eigenvalue weighted by molar-refractivity contribution is -0.134. The number of hydrogen-bond acceptors (Lipinski definition) is 4. The van der Waals surface area contributed by atoms with Gasteiger partial charge in [-0.3, -0.25) is 19.4 Å². The van der Waals surface area contributed by atoms with Gasteiger partial charge in [0.15, 0.2) is 0 Å². The Morgan fingerprint density at radius 2 is 1.75 bits per heavy atom. The molecule has 0 aliphatic carbocycles. The van der Waals surface area contributed by atoms with E-state index in [4.69, 9.17) is 0 Å². The maximum Gasteiger partial charge on any atom is 0.333 e. The molecule has 0 spiro atoms. The Morgan fingerprint density at radius 1 is 1.12 bits per heavy atom. The zero-order chi connectivity index (χ0) is 17.6. The number of barbiturate groups is 1. The molecule has 0 unspecified atom stereocenters. The number of halogens is 1. The Bertz CT molecular complexity index is 748. The maximum absolute atomic E-state index is 13.5. The van der Waals surface area contributed by atoms with E-state index in [1.54, 1.807) is 11.0 Å². The smallest absolute Gasteiger partial charge is 0.333 e. The molecule has 6 nitrogen and oxygen atoms in total. The van der Waals surface area contributed by atoms with E-state index >= 15 is 0 Å². The maximum atomic E-state index is 13.5. The number of aryl methyl sites for hydroxylation is 1. The number of amides is 4. The summed E-state index contributed by atoms with van der Waals surface area (Å²) in [4.78, 5) is 40.1. The predicted octanol–water partition coefficient (Wildman–Crippen LogP) is 1.90. The Labute approximate surface area is 139 Å². The number of hydrogen-bond donors (Lipinski definition) is 0. The Morgan fingerprint density at radius 3 is 2.38 bits per heavy atom. The van der Waals surface area contributed by atoms with E-state index in [1.807, 2.05) is 6.92 Å². The van der Waals surface area contributed by atoms with Gasteiger partial charge in [-0.15, -0.1) is 0 Å². The average Bonchev–Trinajstić information content (AvgIpc) is 2.56. The fraction of sp³-hybridized carbons (Fsp3) is 0.353. The quantitative estimate of drug-likeness (QED) is 0.582. The first-order valence-corrected chi connectivity index (χ1v) is 7.70. The number of benzene rings is 1. The highest BCUT2D eigenvalue weighted by Crippen LogP contribution is 2.32. The minimum Gasteiger partial charge on any atom is -0.344 e. The van der Waals surface area contributed by atoms with Crippen molar-refractivity contribution in [1.29, 1.82) is 0 Å². The Balaban J connectivity index is 2.06. The van der Waals surface area contributed by atoms with Crippen molar-refractivity contribution in [1.82, 2.24) is 9.80 Å².